The first-order valence-corrected chi connectivity index (χ1v) is 4.98. The van der Waals surface area contributed by atoms with Crippen LogP contribution < -0.4 is 10.6 Å². The van der Waals surface area contributed by atoms with E-state index in [1.165, 1.54) is 11.3 Å². The molecule has 1 rings (SSSR count). The van der Waals surface area contributed by atoms with E-state index >= 15 is 0 Å². The summed E-state index contributed by atoms with van der Waals surface area (Å²) in [5.41, 5.74) is 5.59. The van der Waals surface area contributed by atoms with E-state index in [-0.39, 0.29) is 0 Å². The first-order valence-electron chi connectivity index (χ1n) is 4.17. The summed E-state index contributed by atoms with van der Waals surface area (Å²) in [5, 5.41) is 1.76. The van der Waals surface area contributed by atoms with Gasteiger partial charge >= 0.3 is 0 Å². The molecule has 0 saturated carbocycles. The Morgan fingerprint density at radius 3 is 2.54 bits per heavy atom. The lowest BCUT2D eigenvalue weighted by molar-refractivity contribution is 0.416. The summed E-state index contributed by atoms with van der Waals surface area (Å²) in [4.78, 5) is 8.45. The SMILES string of the molecule is CN(C)CCN(C)c1ncc(N)s1. The van der Waals surface area contributed by atoms with Gasteiger partial charge in [-0.25, -0.2) is 4.98 Å². The maximum absolute atomic E-state index is 5.59. The first-order chi connectivity index (χ1) is 6.09. The molecule has 2 N–H and O–H groups in total. The molecule has 0 aliphatic heterocycles. The van der Waals surface area contributed by atoms with Crippen LogP contribution in [0.4, 0.5) is 10.1 Å². The van der Waals surface area contributed by atoms with E-state index in [2.05, 4.69) is 28.9 Å². The average molecular weight is 200 g/mol. The molecule has 1 aromatic rings. The van der Waals surface area contributed by atoms with Crippen LogP contribution in [-0.2, 0) is 0 Å². The highest BCUT2D eigenvalue weighted by Crippen LogP contribution is 2.22. The molecule has 1 heterocycles. The van der Waals surface area contributed by atoms with Gasteiger partial charge in [0, 0.05) is 20.1 Å². The Labute approximate surface area is 83.0 Å². The third kappa shape index (κ3) is 3.20. The molecular weight excluding hydrogens is 184 g/mol. The second kappa shape index (κ2) is 4.43. The molecule has 74 valence electrons. The topological polar surface area (TPSA) is 45.4 Å². The van der Waals surface area contributed by atoms with E-state index in [4.69, 9.17) is 5.73 Å². The number of nitrogens with two attached hydrogens (primary N) is 1. The van der Waals surface area contributed by atoms with Crippen LogP contribution in [0.1, 0.15) is 0 Å². The molecule has 0 aliphatic carbocycles. The highest BCUT2D eigenvalue weighted by molar-refractivity contribution is 7.19. The number of hydrogen-bond acceptors (Lipinski definition) is 5. The van der Waals surface area contributed by atoms with Crippen LogP contribution >= 0.6 is 11.3 Å². The smallest absolute Gasteiger partial charge is 0.187 e. The molecule has 4 nitrogen and oxygen atoms in total. The molecule has 0 aromatic carbocycles. The maximum Gasteiger partial charge on any atom is 0.187 e. The van der Waals surface area contributed by atoms with Gasteiger partial charge in [-0.05, 0) is 14.1 Å². The highest BCUT2D eigenvalue weighted by atomic mass is 32.1. The first kappa shape index (κ1) is 10.3. The van der Waals surface area contributed by atoms with Gasteiger partial charge in [-0.1, -0.05) is 11.3 Å². The van der Waals surface area contributed by atoms with Gasteiger partial charge in [0.05, 0.1) is 6.20 Å². The van der Waals surface area contributed by atoms with Crippen LogP contribution in [0.15, 0.2) is 6.20 Å². The van der Waals surface area contributed by atoms with Crippen molar-refractivity contribution in [2.75, 3.05) is 44.9 Å². The molecule has 0 bridgehead atoms. The minimum absolute atomic E-state index is 0.770. The lowest BCUT2D eigenvalue weighted by Crippen LogP contribution is -2.28. The molecule has 0 atom stereocenters. The number of nitrogen functional groups attached to an aromatic ring is 1. The molecule has 0 fully saturated rings. The summed E-state index contributed by atoms with van der Waals surface area (Å²) >= 11 is 1.52. The van der Waals surface area contributed by atoms with Crippen LogP contribution in [0.25, 0.3) is 0 Å². The maximum atomic E-state index is 5.59. The second-order valence-electron chi connectivity index (χ2n) is 3.27. The number of likely N-dealkylation sites (N-methyl/N-ethyl adjacent to an activating group) is 2. The number of thiazole rings is 1. The zero-order valence-corrected chi connectivity index (χ0v) is 9.14. The van der Waals surface area contributed by atoms with Crippen LogP contribution in [0.5, 0.6) is 0 Å². The van der Waals surface area contributed by atoms with Crippen molar-refractivity contribution >= 4 is 21.5 Å². The summed E-state index contributed by atoms with van der Waals surface area (Å²) in [6.07, 6.45) is 1.70. The van der Waals surface area contributed by atoms with Crippen LogP contribution in [-0.4, -0.2) is 44.1 Å². The second-order valence-corrected chi connectivity index (χ2v) is 4.31. The van der Waals surface area contributed by atoms with Gasteiger partial charge in [-0.3, -0.25) is 0 Å². The predicted octanol–water partition coefficient (Wildman–Crippen LogP) is 0.723. The summed E-state index contributed by atoms with van der Waals surface area (Å²) in [7, 11) is 6.15. The largest absolute Gasteiger partial charge is 0.389 e. The standard InChI is InChI=1S/C8H16N4S/c1-11(2)4-5-12(3)8-10-6-7(9)13-8/h6H,4-5,9H2,1-3H3. The van der Waals surface area contributed by atoms with Crippen LogP contribution in [0.3, 0.4) is 0 Å². The third-order valence-electron chi connectivity index (χ3n) is 1.72. The van der Waals surface area contributed by atoms with E-state index in [1.54, 1.807) is 6.20 Å². The molecule has 0 spiro atoms. The quantitative estimate of drug-likeness (QED) is 0.778. The number of rotatable bonds is 4. The fourth-order valence-corrected chi connectivity index (χ4v) is 1.57. The van der Waals surface area contributed by atoms with Crippen molar-refractivity contribution in [3.05, 3.63) is 6.20 Å². The summed E-state index contributed by atoms with van der Waals surface area (Å²) in [6.45, 7) is 2.00. The molecule has 13 heavy (non-hydrogen) atoms. The van der Waals surface area contributed by atoms with E-state index in [0.29, 0.717) is 0 Å². The van der Waals surface area contributed by atoms with Crippen molar-refractivity contribution in [3.63, 3.8) is 0 Å². The lowest BCUT2D eigenvalue weighted by atomic mass is 10.5. The highest BCUT2D eigenvalue weighted by Gasteiger charge is 2.04. The Bertz CT molecular complexity index is 258. The van der Waals surface area contributed by atoms with Gasteiger partial charge in [0.25, 0.3) is 0 Å². The van der Waals surface area contributed by atoms with Gasteiger partial charge in [0.1, 0.15) is 5.00 Å². The zero-order valence-electron chi connectivity index (χ0n) is 8.32. The normalized spacial score (nSPS) is 10.8. The van der Waals surface area contributed by atoms with Gasteiger partial charge < -0.3 is 15.5 Å². The Balaban J connectivity index is 2.44. The van der Waals surface area contributed by atoms with E-state index in [9.17, 15) is 0 Å². The summed E-state index contributed by atoms with van der Waals surface area (Å²) in [6, 6.07) is 0. The Hall–Kier alpha value is -0.810. The van der Waals surface area contributed by atoms with Gasteiger partial charge in [-0.15, -0.1) is 0 Å². The molecule has 0 saturated heterocycles. The van der Waals surface area contributed by atoms with Crippen molar-refractivity contribution in [2.24, 2.45) is 0 Å². The zero-order chi connectivity index (χ0) is 9.84. The van der Waals surface area contributed by atoms with Crippen LogP contribution in [0.2, 0.25) is 0 Å². The van der Waals surface area contributed by atoms with Crippen molar-refractivity contribution in [3.8, 4) is 0 Å². The fourth-order valence-electron chi connectivity index (χ4n) is 0.899. The van der Waals surface area contributed by atoms with Crippen molar-refractivity contribution in [2.45, 2.75) is 0 Å². The summed E-state index contributed by atoms with van der Waals surface area (Å²) in [5.74, 6) is 0. The molecule has 5 heteroatoms. The minimum atomic E-state index is 0.770. The van der Waals surface area contributed by atoms with E-state index in [0.717, 1.165) is 23.2 Å². The molecule has 0 aliphatic rings. The number of nitrogens with zero attached hydrogens (tertiary/aromatic N) is 3. The number of anilines is 2. The lowest BCUT2D eigenvalue weighted by Gasteiger charge is -2.18. The van der Waals surface area contributed by atoms with Crippen molar-refractivity contribution in [1.82, 2.24) is 9.88 Å². The van der Waals surface area contributed by atoms with Gasteiger partial charge in [-0.2, -0.15) is 0 Å². The average Bonchev–Trinajstić information content (AvgIpc) is 2.47. The minimum Gasteiger partial charge on any atom is -0.389 e. The van der Waals surface area contributed by atoms with Gasteiger partial charge in [0.15, 0.2) is 5.13 Å². The molecular formula is C8H16N4S. The van der Waals surface area contributed by atoms with Crippen molar-refractivity contribution < 1.29 is 0 Å². The Morgan fingerprint density at radius 2 is 2.08 bits per heavy atom. The van der Waals surface area contributed by atoms with Crippen molar-refractivity contribution in [1.29, 1.82) is 0 Å². The van der Waals surface area contributed by atoms with E-state index in [1.807, 2.05) is 7.05 Å². The monoisotopic (exact) mass is 200 g/mol. The molecule has 1 aromatic heterocycles. The predicted molar refractivity (Wildman–Crippen MR) is 58.4 cm³/mol. The Morgan fingerprint density at radius 1 is 1.38 bits per heavy atom. The fraction of sp³-hybridized carbons (Fsp3) is 0.625. The number of hydrogen-bond donors (Lipinski definition) is 1. The Kier molecular flexibility index (Phi) is 3.50. The molecule has 0 amide bonds. The van der Waals surface area contributed by atoms with Gasteiger partial charge in [0.2, 0.25) is 0 Å². The van der Waals surface area contributed by atoms with E-state index < -0.39 is 0 Å². The molecule has 0 unspecified atom stereocenters. The number of aromatic nitrogens is 1. The third-order valence-corrected chi connectivity index (χ3v) is 2.66. The summed E-state index contributed by atoms with van der Waals surface area (Å²) < 4.78 is 0. The van der Waals surface area contributed by atoms with Crippen LogP contribution in [0, 0.1) is 0 Å². The molecule has 0 radical (unpaired) electrons.